The molecule has 0 aromatic heterocycles. The highest BCUT2D eigenvalue weighted by molar-refractivity contribution is 7.90. The van der Waals surface area contributed by atoms with Crippen LogP contribution in [0, 0.1) is 57.2 Å². The Morgan fingerprint density at radius 1 is 0.607 bits per heavy atom. The Hall–Kier alpha value is -5.85. The van der Waals surface area contributed by atoms with Gasteiger partial charge in [0.2, 0.25) is 11.8 Å². The van der Waals surface area contributed by atoms with Gasteiger partial charge in [-0.1, -0.05) is 106 Å². The van der Waals surface area contributed by atoms with Crippen LogP contribution in [-0.4, -0.2) is 121 Å². The Morgan fingerprint density at radius 2 is 1.02 bits per heavy atom. The van der Waals surface area contributed by atoms with Crippen LogP contribution in [0.5, 0.6) is 0 Å². The average molecular weight is 1230 g/mol. The first-order chi connectivity index (χ1) is 37.7. The molecule has 468 valence electrons. The van der Waals surface area contributed by atoms with E-state index in [4.69, 9.17) is 5.73 Å². The number of hydrogen-bond donors (Lipinski definition) is 9. The molecule has 22 nitrogen and oxygen atoms in total. The molecule has 25 heteroatoms. The van der Waals surface area contributed by atoms with Gasteiger partial charge in [0.25, 0.3) is 31.9 Å². The van der Waals surface area contributed by atoms with Crippen molar-refractivity contribution < 1.29 is 60.3 Å². The molecule has 0 spiro atoms. The summed E-state index contributed by atoms with van der Waals surface area (Å²) in [5.74, 6) is -4.23. The van der Waals surface area contributed by atoms with E-state index in [1.807, 2.05) is 102 Å². The fourth-order valence-corrected chi connectivity index (χ4v) is 13.9. The lowest BCUT2D eigenvalue weighted by molar-refractivity contribution is -0.148. The number of nitrogens with one attached hydrogen (secondary N) is 7. The Labute approximate surface area is 501 Å². The third kappa shape index (κ3) is 15.8. The van der Waals surface area contributed by atoms with Crippen molar-refractivity contribution in [3.05, 3.63) is 60.7 Å². The lowest BCUT2D eigenvalue weighted by Crippen LogP contribution is -2.62. The number of nitrogens with zero attached hydrogens (tertiary/aromatic N) is 1. The van der Waals surface area contributed by atoms with Gasteiger partial charge in [0.1, 0.15) is 17.6 Å². The van der Waals surface area contributed by atoms with Crippen LogP contribution < -0.4 is 41.8 Å². The Kier molecular flexibility index (Phi) is 19.5. The minimum absolute atomic E-state index is 0. The number of urea groups is 2. The van der Waals surface area contributed by atoms with E-state index in [9.17, 15) is 60.3 Å². The smallest absolute Gasteiger partial charge is 0.315 e. The van der Waals surface area contributed by atoms with Gasteiger partial charge in [-0.25, -0.2) is 35.9 Å². The molecule has 6 fully saturated rings. The number of aliphatic carboxylic acids is 1. The van der Waals surface area contributed by atoms with Crippen LogP contribution in [-0.2, 0) is 48.8 Å². The highest BCUT2D eigenvalue weighted by Crippen LogP contribution is 2.71. The number of amides is 8. The van der Waals surface area contributed by atoms with Crippen LogP contribution in [0.15, 0.2) is 70.5 Å². The molecule has 5 aliphatic carbocycles. The van der Waals surface area contributed by atoms with Crippen LogP contribution in [0.3, 0.4) is 0 Å². The first kappa shape index (κ1) is 68.9. The third-order valence-electron chi connectivity index (χ3n) is 17.0. The van der Waals surface area contributed by atoms with Gasteiger partial charge < -0.3 is 42.3 Å². The predicted octanol–water partition coefficient (Wildman–Crippen LogP) is 5.60. The van der Waals surface area contributed by atoms with E-state index in [-0.39, 0.29) is 81.2 Å². The van der Waals surface area contributed by atoms with E-state index in [0.29, 0.717) is 25.8 Å². The lowest BCUT2D eigenvalue weighted by atomic mass is 9.74. The summed E-state index contributed by atoms with van der Waals surface area (Å²) >= 11 is 0. The van der Waals surface area contributed by atoms with Crippen LogP contribution in [0.4, 0.5) is 9.59 Å². The largest absolute Gasteiger partial charge is 0.481 e. The summed E-state index contributed by atoms with van der Waals surface area (Å²) in [5.41, 5.74) is 0.985. The second kappa shape index (κ2) is 23.8. The standard InChI is InChI=1S/C29H43N5O6S.C20H34N2O4.C10H12N2O3S.ClH/c1-26(2,3)21(30-25(38)32-27(4,5)6)23(36)34-16-18-19(28(18,7)8)20(34)22(35)31-29(14-15-29)24(37)33-41(39,40)17-12-10-9-11-13-17;1-18(2,3)15(21-17(26)22-19(4,5)6)14(23)10-9-11-13(20(11,7)8)12(10)16(24)25;11-10(6-7-10)9(13)12-16(14,15)8-4-2-1-3-5-8;/h9-13,18-21H,14-16H2,1-8H3,(H,31,35)(H,33,37)(H2,30,32,38);10-13,15H,9H2,1-8H3,(H,24,25)(H2,21,22,26);1-5H,6-7,11H2,(H,12,13);1H/t18?,19-,20-,21+;10?,11?,12-,13?,15+;;/m00../s1. The van der Waals surface area contributed by atoms with E-state index in [1.165, 1.54) is 29.2 Å². The van der Waals surface area contributed by atoms with Crippen molar-refractivity contribution in [1.82, 2.24) is 40.9 Å². The molecule has 9 atom stereocenters. The molecule has 10 N–H and O–H groups in total. The zero-order valence-electron chi connectivity index (χ0n) is 51.3. The molecule has 8 amide bonds. The molecule has 0 bridgehead atoms. The second-order valence-corrected chi connectivity index (χ2v) is 32.3. The van der Waals surface area contributed by atoms with E-state index in [2.05, 4.69) is 45.2 Å². The van der Waals surface area contributed by atoms with Gasteiger partial charge in [0.05, 0.1) is 27.3 Å². The molecule has 5 saturated carbocycles. The maximum atomic E-state index is 14.0. The number of nitrogens with two attached hydrogens (primary N) is 1. The second-order valence-electron chi connectivity index (χ2n) is 29.0. The van der Waals surface area contributed by atoms with Gasteiger partial charge in [-0.3, -0.25) is 28.8 Å². The first-order valence-electron chi connectivity index (χ1n) is 28.3. The maximum Gasteiger partial charge on any atom is 0.315 e. The lowest BCUT2D eigenvalue weighted by Gasteiger charge is -2.38. The molecule has 84 heavy (non-hydrogen) atoms. The molecule has 1 saturated heterocycles. The molecular formula is C59H90ClN9O13S2. The number of rotatable bonds is 14. The van der Waals surface area contributed by atoms with Crippen molar-refractivity contribution in [2.24, 2.45) is 62.9 Å². The number of likely N-dealkylation sites (tertiary alicyclic amines) is 1. The fourth-order valence-electron chi connectivity index (χ4n) is 11.8. The monoisotopic (exact) mass is 1230 g/mol. The van der Waals surface area contributed by atoms with Crippen molar-refractivity contribution in [2.45, 2.75) is 193 Å². The number of fused-ring (bicyclic) bond motifs is 2. The minimum Gasteiger partial charge on any atom is -0.481 e. The van der Waals surface area contributed by atoms with Gasteiger partial charge in [0.15, 0.2) is 5.78 Å². The molecule has 6 aliphatic rings. The molecule has 2 aromatic carbocycles. The summed E-state index contributed by atoms with van der Waals surface area (Å²) < 4.78 is 53.0. The highest BCUT2D eigenvalue weighted by atomic mass is 35.5. The number of carboxylic acids is 1. The summed E-state index contributed by atoms with van der Waals surface area (Å²) in [6.45, 7) is 30.9. The van der Waals surface area contributed by atoms with Gasteiger partial charge >= 0.3 is 18.0 Å². The van der Waals surface area contributed by atoms with Gasteiger partial charge in [-0.2, -0.15) is 0 Å². The summed E-state index contributed by atoms with van der Waals surface area (Å²) in [4.78, 5) is 104. The molecular weight excluding hydrogens is 1140 g/mol. The highest BCUT2D eigenvalue weighted by Gasteiger charge is 2.72. The van der Waals surface area contributed by atoms with Gasteiger partial charge in [-0.15, -0.1) is 12.4 Å². The fraction of sp³-hybridized carbons (Fsp3) is 0.661. The zero-order chi connectivity index (χ0) is 62.8. The van der Waals surface area contributed by atoms with Crippen molar-refractivity contribution in [3.63, 3.8) is 0 Å². The van der Waals surface area contributed by atoms with Crippen molar-refractivity contribution >= 4 is 79.9 Å². The predicted molar refractivity (Wildman–Crippen MR) is 318 cm³/mol. The molecule has 1 heterocycles. The topological polar surface area (TPSA) is 339 Å². The first-order valence-corrected chi connectivity index (χ1v) is 31.3. The number of carboxylic acid groups (broad SMARTS) is 1. The number of carbonyl (C=O) groups is 8. The molecule has 0 radical (unpaired) electrons. The number of Topliss-reactive ketones (excluding diaryl/α,β-unsaturated/α-hetero) is 1. The van der Waals surface area contributed by atoms with Crippen molar-refractivity contribution in [3.8, 4) is 0 Å². The van der Waals surface area contributed by atoms with Crippen LogP contribution >= 0.6 is 12.4 Å². The van der Waals surface area contributed by atoms with E-state index >= 15 is 0 Å². The number of halogens is 1. The minimum atomic E-state index is -4.12. The third-order valence-corrected chi connectivity index (χ3v) is 19.7. The maximum absolute atomic E-state index is 14.0. The SMILES string of the molecule is CC(C)(C)NC(=O)N[C@H](C(=O)C1CC2C([C@H]1C(=O)O)C2(C)C)C(C)(C)C.CC(C)(C)NC(=O)N[C@H](C(=O)N1CC2[C@@H]([C@H]1C(=O)NC1(C(=O)NS(=O)(=O)c3ccccc3)CC1)C2(C)C)C(C)(C)C.Cl.NC1(C(=O)NS(=O)(=O)c2ccccc2)CC1. The number of ketones is 1. The number of hydrogen-bond acceptors (Lipinski definition) is 13. The van der Waals surface area contributed by atoms with Crippen LogP contribution in [0.2, 0.25) is 0 Å². The van der Waals surface area contributed by atoms with Crippen molar-refractivity contribution in [1.29, 1.82) is 0 Å². The van der Waals surface area contributed by atoms with E-state index < -0.39 is 119 Å². The summed E-state index contributed by atoms with van der Waals surface area (Å²) in [5, 5.41) is 23.8. The van der Waals surface area contributed by atoms with E-state index in [1.54, 1.807) is 36.4 Å². The quantitative estimate of drug-likeness (QED) is 0.111. The summed E-state index contributed by atoms with van der Waals surface area (Å²) in [7, 11) is -7.90. The summed E-state index contributed by atoms with van der Waals surface area (Å²) in [6, 6.07) is 11.9. The number of benzene rings is 2. The molecule has 2 aromatic rings. The number of piperidine rings is 1. The Morgan fingerprint density at radius 3 is 1.42 bits per heavy atom. The van der Waals surface area contributed by atoms with Crippen LogP contribution in [0.1, 0.15) is 143 Å². The number of sulfonamides is 2. The van der Waals surface area contributed by atoms with Crippen molar-refractivity contribution in [2.75, 3.05) is 6.54 Å². The van der Waals surface area contributed by atoms with Gasteiger partial charge in [-0.05, 0) is 143 Å². The average Bonchev–Trinajstić information content (AvgIpc) is 2.06. The Balaban J connectivity index is 0.000000255. The van der Waals surface area contributed by atoms with Crippen LogP contribution in [0.25, 0.3) is 0 Å². The molecule has 4 unspecified atom stereocenters. The molecule has 1 aliphatic heterocycles. The summed E-state index contributed by atoms with van der Waals surface area (Å²) in [6.07, 6.45) is 2.23. The molecule has 8 rings (SSSR count). The number of carbonyl (C=O) groups excluding carboxylic acids is 7. The Bertz CT molecular complexity index is 3090. The normalized spacial score (nSPS) is 25.1. The van der Waals surface area contributed by atoms with Gasteiger partial charge in [0, 0.05) is 23.5 Å². The van der Waals surface area contributed by atoms with E-state index in [0.717, 1.165) is 0 Å². The zero-order valence-corrected chi connectivity index (χ0v) is 53.8.